The van der Waals surface area contributed by atoms with E-state index in [4.69, 9.17) is 9.47 Å². The first-order chi connectivity index (χ1) is 5.77. The van der Waals surface area contributed by atoms with E-state index in [0.29, 0.717) is 12.7 Å². The Morgan fingerprint density at radius 3 is 2.54 bits per heavy atom. The second-order valence-corrected chi connectivity index (χ2v) is 3.27. The van der Waals surface area contributed by atoms with Crippen LogP contribution in [0.1, 0.15) is 32.8 Å². The molecular formula is C11H16O2. The Kier molecular flexibility index (Phi) is 2.81. The fourth-order valence-electron chi connectivity index (χ4n) is 1.27. The average Bonchev–Trinajstić information content (AvgIpc) is 2.49. The van der Waals surface area contributed by atoms with Crippen LogP contribution >= 0.6 is 0 Å². The predicted molar refractivity (Wildman–Crippen MR) is 53.4 cm³/mol. The van der Waals surface area contributed by atoms with Crippen LogP contribution in [0.4, 0.5) is 0 Å². The number of fused-ring (bicyclic) bond motifs is 1. The van der Waals surface area contributed by atoms with Crippen molar-refractivity contribution in [2.75, 3.05) is 6.79 Å². The van der Waals surface area contributed by atoms with Gasteiger partial charge in [0.1, 0.15) is 0 Å². The van der Waals surface area contributed by atoms with Crippen molar-refractivity contribution < 1.29 is 9.47 Å². The monoisotopic (exact) mass is 180 g/mol. The fourth-order valence-corrected chi connectivity index (χ4v) is 1.27. The molecule has 2 heteroatoms. The Bertz CT molecular complexity index is 292. The van der Waals surface area contributed by atoms with E-state index in [1.807, 2.05) is 12.1 Å². The van der Waals surface area contributed by atoms with Gasteiger partial charge in [-0.05, 0) is 23.6 Å². The SMILES string of the molecule is C.CC(C)c1ccc2c(c1)OCO2. The van der Waals surface area contributed by atoms with E-state index in [-0.39, 0.29) is 7.43 Å². The number of hydrogen-bond acceptors (Lipinski definition) is 2. The third-order valence-corrected chi connectivity index (χ3v) is 2.06. The number of hydrogen-bond donors (Lipinski definition) is 0. The molecule has 0 bridgehead atoms. The van der Waals surface area contributed by atoms with Crippen molar-refractivity contribution in [3.8, 4) is 11.5 Å². The van der Waals surface area contributed by atoms with Crippen molar-refractivity contribution in [2.24, 2.45) is 0 Å². The van der Waals surface area contributed by atoms with Crippen molar-refractivity contribution in [1.82, 2.24) is 0 Å². The van der Waals surface area contributed by atoms with Gasteiger partial charge in [-0.25, -0.2) is 0 Å². The van der Waals surface area contributed by atoms with E-state index < -0.39 is 0 Å². The van der Waals surface area contributed by atoms with Crippen LogP contribution in [0.2, 0.25) is 0 Å². The standard InChI is InChI=1S/C10H12O2.CH4/c1-7(2)8-3-4-9-10(5-8)12-6-11-9;/h3-5,7H,6H2,1-2H3;1H4. The molecule has 0 fully saturated rings. The molecule has 0 aromatic heterocycles. The summed E-state index contributed by atoms with van der Waals surface area (Å²) in [5.41, 5.74) is 1.29. The molecule has 1 aromatic rings. The van der Waals surface area contributed by atoms with Gasteiger partial charge in [-0.3, -0.25) is 0 Å². The van der Waals surface area contributed by atoms with Crippen LogP contribution in [-0.4, -0.2) is 6.79 Å². The van der Waals surface area contributed by atoms with Gasteiger partial charge in [0, 0.05) is 0 Å². The largest absolute Gasteiger partial charge is 0.454 e. The van der Waals surface area contributed by atoms with Crippen molar-refractivity contribution >= 4 is 0 Å². The summed E-state index contributed by atoms with van der Waals surface area (Å²) in [6.45, 7) is 4.69. The van der Waals surface area contributed by atoms with Gasteiger partial charge in [-0.15, -0.1) is 0 Å². The van der Waals surface area contributed by atoms with Gasteiger partial charge in [0.25, 0.3) is 0 Å². The minimum absolute atomic E-state index is 0. The lowest BCUT2D eigenvalue weighted by atomic mass is 10.0. The van der Waals surface area contributed by atoms with Gasteiger partial charge in [-0.2, -0.15) is 0 Å². The molecule has 0 N–H and O–H groups in total. The summed E-state index contributed by atoms with van der Waals surface area (Å²) in [5, 5.41) is 0. The third kappa shape index (κ3) is 1.77. The molecule has 0 atom stereocenters. The summed E-state index contributed by atoms with van der Waals surface area (Å²) in [7, 11) is 0. The molecule has 0 unspecified atom stereocenters. The molecule has 0 aliphatic carbocycles. The molecule has 0 saturated carbocycles. The fraction of sp³-hybridized carbons (Fsp3) is 0.455. The summed E-state index contributed by atoms with van der Waals surface area (Å²) in [5.74, 6) is 2.28. The molecule has 0 amide bonds. The van der Waals surface area contributed by atoms with Crippen LogP contribution in [0.3, 0.4) is 0 Å². The highest BCUT2D eigenvalue weighted by atomic mass is 16.7. The zero-order valence-corrected chi connectivity index (χ0v) is 7.33. The number of benzene rings is 1. The first kappa shape index (κ1) is 9.90. The first-order valence-corrected chi connectivity index (χ1v) is 4.17. The van der Waals surface area contributed by atoms with Crippen molar-refractivity contribution in [2.45, 2.75) is 27.2 Å². The third-order valence-electron chi connectivity index (χ3n) is 2.06. The highest BCUT2D eigenvalue weighted by Crippen LogP contribution is 2.34. The van der Waals surface area contributed by atoms with Gasteiger partial charge in [0.15, 0.2) is 11.5 Å². The molecule has 1 aromatic carbocycles. The van der Waals surface area contributed by atoms with Gasteiger partial charge in [0.2, 0.25) is 6.79 Å². The highest BCUT2D eigenvalue weighted by molar-refractivity contribution is 5.45. The van der Waals surface area contributed by atoms with E-state index >= 15 is 0 Å². The first-order valence-electron chi connectivity index (χ1n) is 4.17. The summed E-state index contributed by atoms with van der Waals surface area (Å²) in [4.78, 5) is 0. The normalized spacial score (nSPS) is 12.8. The van der Waals surface area contributed by atoms with Gasteiger partial charge >= 0.3 is 0 Å². The molecule has 0 saturated heterocycles. The van der Waals surface area contributed by atoms with Crippen LogP contribution in [0, 0.1) is 0 Å². The highest BCUT2D eigenvalue weighted by Gasteiger charge is 2.13. The Morgan fingerprint density at radius 2 is 1.85 bits per heavy atom. The smallest absolute Gasteiger partial charge is 0.231 e. The molecule has 2 nitrogen and oxygen atoms in total. The topological polar surface area (TPSA) is 18.5 Å². The minimum Gasteiger partial charge on any atom is -0.454 e. The van der Waals surface area contributed by atoms with Crippen molar-refractivity contribution in [1.29, 1.82) is 0 Å². The molecule has 0 spiro atoms. The summed E-state index contributed by atoms with van der Waals surface area (Å²) < 4.78 is 10.5. The summed E-state index contributed by atoms with van der Waals surface area (Å²) in [6, 6.07) is 6.10. The molecule has 1 aliphatic rings. The van der Waals surface area contributed by atoms with Crippen molar-refractivity contribution in [3.63, 3.8) is 0 Å². The van der Waals surface area contributed by atoms with Crippen LogP contribution in [0.25, 0.3) is 0 Å². The lowest BCUT2D eigenvalue weighted by molar-refractivity contribution is 0.174. The molecule has 1 aliphatic heterocycles. The van der Waals surface area contributed by atoms with E-state index in [0.717, 1.165) is 11.5 Å². The summed E-state index contributed by atoms with van der Waals surface area (Å²) in [6.07, 6.45) is 0. The van der Waals surface area contributed by atoms with E-state index in [9.17, 15) is 0 Å². The van der Waals surface area contributed by atoms with Crippen LogP contribution in [-0.2, 0) is 0 Å². The molecule has 1 heterocycles. The van der Waals surface area contributed by atoms with Crippen LogP contribution in [0.5, 0.6) is 11.5 Å². The van der Waals surface area contributed by atoms with E-state index in [1.54, 1.807) is 0 Å². The summed E-state index contributed by atoms with van der Waals surface area (Å²) >= 11 is 0. The Hall–Kier alpha value is -1.18. The van der Waals surface area contributed by atoms with Gasteiger partial charge in [0.05, 0.1) is 0 Å². The minimum atomic E-state index is 0. The van der Waals surface area contributed by atoms with Crippen LogP contribution in [0.15, 0.2) is 18.2 Å². The van der Waals surface area contributed by atoms with Gasteiger partial charge in [-0.1, -0.05) is 27.3 Å². The maximum Gasteiger partial charge on any atom is 0.231 e. The molecule has 2 rings (SSSR count). The van der Waals surface area contributed by atoms with Gasteiger partial charge < -0.3 is 9.47 Å². The quantitative estimate of drug-likeness (QED) is 0.660. The van der Waals surface area contributed by atoms with E-state index in [2.05, 4.69) is 19.9 Å². The van der Waals surface area contributed by atoms with Crippen molar-refractivity contribution in [3.05, 3.63) is 23.8 Å². The molecule has 72 valence electrons. The zero-order chi connectivity index (χ0) is 8.55. The lowest BCUT2D eigenvalue weighted by Crippen LogP contribution is -1.93. The Morgan fingerprint density at radius 1 is 1.15 bits per heavy atom. The Labute approximate surface area is 79.5 Å². The van der Waals surface area contributed by atoms with Crippen LogP contribution < -0.4 is 9.47 Å². The number of rotatable bonds is 1. The molecular weight excluding hydrogens is 164 g/mol. The maximum atomic E-state index is 5.27. The maximum absolute atomic E-state index is 5.27. The predicted octanol–water partition coefficient (Wildman–Crippen LogP) is 3.17. The lowest BCUT2D eigenvalue weighted by Gasteiger charge is -2.05. The second-order valence-electron chi connectivity index (χ2n) is 3.27. The van der Waals surface area contributed by atoms with E-state index in [1.165, 1.54) is 5.56 Å². The molecule has 0 radical (unpaired) electrons. The Balaban J connectivity index is 0.000000845. The zero-order valence-electron chi connectivity index (χ0n) is 7.33. The number of ether oxygens (including phenoxy) is 2. The second kappa shape index (κ2) is 3.69. The molecule has 13 heavy (non-hydrogen) atoms. The average molecular weight is 180 g/mol.